The van der Waals surface area contributed by atoms with Gasteiger partial charge in [0.2, 0.25) is 0 Å². The van der Waals surface area contributed by atoms with Gasteiger partial charge < -0.3 is 9.80 Å². The maximum atomic E-state index is 9.33. The number of allylic oxidation sites excluding steroid dienone is 1. The van der Waals surface area contributed by atoms with Crippen molar-refractivity contribution < 1.29 is 0 Å². The van der Waals surface area contributed by atoms with Gasteiger partial charge in [-0.25, -0.2) is 9.97 Å². The third kappa shape index (κ3) is 5.42. The smallest absolute Gasteiger partial charge is 0.159 e. The van der Waals surface area contributed by atoms with Gasteiger partial charge in [-0.2, -0.15) is 5.26 Å². The average molecular weight is 458 g/mol. The van der Waals surface area contributed by atoms with Gasteiger partial charge in [0.15, 0.2) is 5.82 Å². The lowest BCUT2D eigenvalue weighted by atomic mass is 10.1. The minimum Gasteiger partial charge on any atom is -0.341 e. The molecule has 0 fully saturated rings. The number of nitriles is 1. The van der Waals surface area contributed by atoms with Crippen LogP contribution in [0.2, 0.25) is 5.02 Å². The SMILES string of the molecule is C=C1Cc2c(Cl)cc(C#N)cc2N1Cc1cccc(-c2ncc(CCCCN(C)C)cn2)c1. The van der Waals surface area contributed by atoms with Crippen LogP contribution < -0.4 is 4.90 Å². The van der Waals surface area contributed by atoms with E-state index in [-0.39, 0.29) is 0 Å². The molecule has 0 spiro atoms. The Balaban J connectivity index is 1.48. The molecule has 0 radical (unpaired) electrons. The van der Waals surface area contributed by atoms with Crippen molar-refractivity contribution in [3.8, 4) is 17.5 Å². The molecule has 1 aliphatic heterocycles. The third-order valence-corrected chi connectivity index (χ3v) is 6.24. The summed E-state index contributed by atoms with van der Waals surface area (Å²) in [6, 6.07) is 14.1. The number of unbranched alkanes of at least 4 members (excludes halogenated alkanes) is 1. The number of aromatic nitrogens is 2. The van der Waals surface area contributed by atoms with Gasteiger partial charge in [-0.05, 0) is 69.2 Å². The molecule has 5 nitrogen and oxygen atoms in total. The zero-order chi connectivity index (χ0) is 23.4. The molecule has 0 aliphatic carbocycles. The Morgan fingerprint density at radius 2 is 1.91 bits per heavy atom. The lowest BCUT2D eigenvalue weighted by molar-refractivity contribution is 0.394. The standard InChI is InChI=1S/C27H28ClN5/c1-19-11-24-25(28)13-22(15-29)14-26(24)33(19)18-20-8-6-9-23(12-20)27-30-16-21(17-31-27)7-4-5-10-32(2)3/h6,8-9,12-14,16-17H,1,4-5,7,10-11,18H2,2-3H3. The van der Waals surface area contributed by atoms with Crippen LogP contribution in [0.25, 0.3) is 11.4 Å². The van der Waals surface area contributed by atoms with Crippen molar-refractivity contribution in [2.75, 3.05) is 25.5 Å². The predicted molar refractivity (Wildman–Crippen MR) is 134 cm³/mol. The van der Waals surface area contributed by atoms with E-state index >= 15 is 0 Å². The van der Waals surface area contributed by atoms with E-state index in [1.54, 1.807) is 6.07 Å². The molecule has 168 valence electrons. The summed E-state index contributed by atoms with van der Waals surface area (Å²) in [5.74, 6) is 0.726. The number of hydrogen-bond donors (Lipinski definition) is 0. The second-order valence-electron chi connectivity index (χ2n) is 8.77. The van der Waals surface area contributed by atoms with Crippen LogP contribution in [0.15, 0.2) is 61.1 Å². The van der Waals surface area contributed by atoms with Gasteiger partial charge in [-0.15, -0.1) is 0 Å². The summed E-state index contributed by atoms with van der Waals surface area (Å²) in [5.41, 5.74) is 6.80. The Hall–Kier alpha value is -3.20. The lowest BCUT2D eigenvalue weighted by Crippen LogP contribution is -2.17. The fourth-order valence-corrected chi connectivity index (χ4v) is 4.43. The van der Waals surface area contributed by atoms with Gasteiger partial charge in [-0.3, -0.25) is 0 Å². The van der Waals surface area contributed by atoms with E-state index in [2.05, 4.69) is 58.6 Å². The van der Waals surface area contributed by atoms with Crippen LogP contribution in [-0.4, -0.2) is 35.5 Å². The van der Waals surface area contributed by atoms with Gasteiger partial charge in [0.25, 0.3) is 0 Å². The summed E-state index contributed by atoms with van der Waals surface area (Å²) in [4.78, 5) is 13.6. The first kappa shape index (κ1) is 23.0. The van der Waals surface area contributed by atoms with Gasteiger partial charge in [-0.1, -0.05) is 36.4 Å². The summed E-state index contributed by atoms with van der Waals surface area (Å²) in [6.07, 6.45) is 7.87. The molecule has 2 heterocycles. The number of hydrogen-bond acceptors (Lipinski definition) is 5. The molecule has 2 aromatic carbocycles. The van der Waals surface area contributed by atoms with Crippen LogP contribution in [0.3, 0.4) is 0 Å². The maximum absolute atomic E-state index is 9.33. The van der Waals surface area contributed by atoms with E-state index in [9.17, 15) is 5.26 Å². The predicted octanol–water partition coefficient (Wildman–Crippen LogP) is 5.63. The van der Waals surface area contributed by atoms with E-state index in [0.717, 1.165) is 53.3 Å². The molecule has 4 rings (SSSR count). The number of fused-ring (bicyclic) bond motifs is 1. The fraction of sp³-hybridized carbons (Fsp3) is 0.296. The third-order valence-electron chi connectivity index (χ3n) is 5.91. The van der Waals surface area contributed by atoms with E-state index in [1.165, 1.54) is 12.0 Å². The summed E-state index contributed by atoms with van der Waals surface area (Å²) >= 11 is 6.42. The first-order chi connectivity index (χ1) is 15.9. The Bertz CT molecular complexity index is 1190. The Labute approximate surface area is 201 Å². The lowest BCUT2D eigenvalue weighted by Gasteiger charge is -2.21. The van der Waals surface area contributed by atoms with Crippen LogP contribution >= 0.6 is 11.6 Å². The molecule has 0 saturated heterocycles. The molecule has 0 N–H and O–H groups in total. The molecule has 0 atom stereocenters. The monoisotopic (exact) mass is 457 g/mol. The number of nitrogens with zero attached hydrogens (tertiary/aromatic N) is 5. The molecule has 0 saturated carbocycles. The number of aryl methyl sites for hydroxylation is 1. The molecule has 6 heteroatoms. The Morgan fingerprint density at radius 3 is 2.64 bits per heavy atom. The summed E-state index contributed by atoms with van der Waals surface area (Å²) in [6.45, 7) is 5.98. The second kappa shape index (κ2) is 10.2. The number of rotatable bonds is 8. The van der Waals surface area contributed by atoms with Crippen LogP contribution in [-0.2, 0) is 19.4 Å². The first-order valence-corrected chi connectivity index (χ1v) is 11.5. The molecule has 0 amide bonds. The van der Waals surface area contributed by atoms with E-state index in [1.807, 2.05) is 30.6 Å². The van der Waals surface area contributed by atoms with E-state index < -0.39 is 0 Å². The summed E-state index contributed by atoms with van der Waals surface area (Å²) in [7, 11) is 4.20. The van der Waals surface area contributed by atoms with Crippen molar-refractivity contribution in [2.45, 2.75) is 32.2 Å². The van der Waals surface area contributed by atoms with Crippen molar-refractivity contribution in [2.24, 2.45) is 0 Å². The normalized spacial score (nSPS) is 12.8. The highest BCUT2D eigenvalue weighted by Crippen LogP contribution is 2.40. The van der Waals surface area contributed by atoms with E-state index in [4.69, 9.17) is 11.6 Å². The molecule has 33 heavy (non-hydrogen) atoms. The van der Waals surface area contributed by atoms with Crippen molar-refractivity contribution in [3.05, 3.63) is 88.3 Å². The highest BCUT2D eigenvalue weighted by Gasteiger charge is 2.26. The molecular weight excluding hydrogens is 430 g/mol. The second-order valence-corrected chi connectivity index (χ2v) is 9.18. The van der Waals surface area contributed by atoms with Crippen LogP contribution in [0.1, 0.15) is 35.1 Å². The zero-order valence-electron chi connectivity index (χ0n) is 19.2. The van der Waals surface area contributed by atoms with Gasteiger partial charge >= 0.3 is 0 Å². The topological polar surface area (TPSA) is 56.1 Å². The first-order valence-electron chi connectivity index (χ1n) is 11.2. The van der Waals surface area contributed by atoms with Crippen LogP contribution in [0.5, 0.6) is 0 Å². The van der Waals surface area contributed by atoms with Gasteiger partial charge in [0, 0.05) is 52.9 Å². The van der Waals surface area contributed by atoms with Gasteiger partial charge in [0.1, 0.15) is 0 Å². The Morgan fingerprint density at radius 1 is 1.12 bits per heavy atom. The van der Waals surface area contributed by atoms with Crippen molar-refractivity contribution in [1.29, 1.82) is 5.26 Å². The molecular formula is C27H28ClN5. The van der Waals surface area contributed by atoms with Crippen molar-refractivity contribution >= 4 is 17.3 Å². The van der Waals surface area contributed by atoms with Crippen molar-refractivity contribution in [1.82, 2.24) is 14.9 Å². The Kier molecular flexibility index (Phi) is 7.08. The molecule has 0 unspecified atom stereocenters. The average Bonchev–Trinajstić information content (AvgIpc) is 3.13. The maximum Gasteiger partial charge on any atom is 0.159 e. The van der Waals surface area contributed by atoms with Crippen LogP contribution in [0, 0.1) is 11.3 Å². The highest BCUT2D eigenvalue weighted by atomic mass is 35.5. The largest absolute Gasteiger partial charge is 0.341 e. The van der Waals surface area contributed by atoms with Crippen LogP contribution in [0.4, 0.5) is 5.69 Å². The fourth-order valence-electron chi connectivity index (χ4n) is 4.15. The quantitative estimate of drug-likeness (QED) is 0.410. The highest BCUT2D eigenvalue weighted by molar-refractivity contribution is 6.32. The molecule has 3 aromatic rings. The van der Waals surface area contributed by atoms with Crippen molar-refractivity contribution in [3.63, 3.8) is 0 Å². The molecule has 0 bridgehead atoms. The number of anilines is 1. The zero-order valence-corrected chi connectivity index (χ0v) is 19.9. The number of benzene rings is 2. The molecule has 1 aromatic heterocycles. The van der Waals surface area contributed by atoms with E-state index in [0.29, 0.717) is 23.6 Å². The molecule has 1 aliphatic rings. The minimum atomic E-state index is 0.558. The summed E-state index contributed by atoms with van der Waals surface area (Å²) in [5, 5.41) is 9.96. The van der Waals surface area contributed by atoms with Gasteiger partial charge in [0.05, 0.1) is 11.6 Å². The minimum absolute atomic E-state index is 0.558. The number of halogens is 1. The summed E-state index contributed by atoms with van der Waals surface area (Å²) < 4.78 is 0.